The summed E-state index contributed by atoms with van der Waals surface area (Å²) in [5.74, 6) is 1.80. The van der Waals surface area contributed by atoms with Crippen LogP contribution in [0.15, 0.2) is 0 Å². The first kappa shape index (κ1) is 51.2. The molecule has 5 saturated heterocycles. The van der Waals surface area contributed by atoms with E-state index in [1.54, 1.807) is 0 Å². The Bertz CT molecular complexity index is 1170. The first-order chi connectivity index (χ1) is 26.4. The molecule has 9 rings (SSSR count). The van der Waals surface area contributed by atoms with Crippen molar-refractivity contribution >= 4 is 255 Å². The van der Waals surface area contributed by atoms with Gasteiger partial charge in [-0.1, -0.05) is 280 Å². The van der Waals surface area contributed by atoms with Gasteiger partial charge in [-0.25, -0.2) is 0 Å². The molecule has 0 amide bonds. The van der Waals surface area contributed by atoms with Crippen LogP contribution in [-0.4, -0.2) is 127 Å². The van der Waals surface area contributed by atoms with E-state index in [4.69, 9.17) is 10.6 Å². The molecule has 4 saturated carbocycles. The third kappa shape index (κ3) is 8.68. The van der Waals surface area contributed by atoms with Crippen molar-refractivity contribution < 1.29 is 17.1 Å². The molecule has 8 bridgehead atoms. The molecule has 0 aromatic heterocycles. The quantitative estimate of drug-likeness (QED) is 0.107. The predicted molar refractivity (Wildman–Crippen MR) is 287 cm³/mol. The Balaban J connectivity index is 0.00000455. The summed E-state index contributed by atoms with van der Waals surface area (Å²) in [5, 5.41) is 36.5. The topological polar surface area (TPSA) is 100 Å². The molecule has 0 aromatic rings. The van der Waals surface area contributed by atoms with Gasteiger partial charge in [0.2, 0.25) is 0 Å². The molecule has 329 valence electrons. The molecule has 0 spiro atoms. The van der Waals surface area contributed by atoms with Gasteiger partial charge >= 0.3 is 17.1 Å². The molecule has 0 aromatic carbocycles. The number of fused-ring (bicyclic) bond motifs is 20. The van der Waals surface area contributed by atoms with Gasteiger partial charge in [0.15, 0.2) is 0 Å². The van der Waals surface area contributed by atoms with Crippen molar-refractivity contribution in [3.8, 4) is 0 Å². The molecule has 9 aliphatic rings. The maximum Gasteiger partial charge on any atom is 2.00 e. The summed E-state index contributed by atoms with van der Waals surface area (Å²) in [5.41, 5.74) is 0. The van der Waals surface area contributed by atoms with E-state index < -0.39 is 0 Å². The fourth-order valence-electron chi connectivity index (χ4n) is 11.5. The molecule has 8 nitrogen and oxygen atoms in total. The van der Waals surface area contributed by atoms with E-state index in [-0.39, 0.29) is 191 Å². The molecule has 32 unspecified atom stereocenters. The van der Waals surface area contributed by atoms with Crippen molar-refractivity contribution in [2.45, 2.75) is 127 Å². The van der Waals surface area contributed by atoms with Gasteiger partial charge in [0.1, 0.15) is 0 Å². The Labute approximate surface area is 480 Å². The maximum atomic E-state index is 5.74. The van der Waals surface area contributed by atoms with E-state index in [0.29, 0.717) is 0 Å². The zero-order valence-electron chi connectivity index (χ0n) is 28.7. The predicted octanol–water partition coefficient (Wildman–Crippen LogP) is 10.1. The van der Waals surface area contributed by atoms with Crippen LogP contribution in [0.25, 0.3) is 10.6 Å². The van der Waals surface area contributed by atoms with Crippen LogP contribution in [0, 0.1) is 47.3 Å². The number of alkyl halides is 16. The molecule has 1 radical (unpaired) electrons. The second kappa shape index (κ2) is 20.2. The third-order valence-corrected chi connectivity index (χ3v) is 41.2. The summed E-state index contributed by atoms with van der Waals surface area (Å²) < 4.78 is 0. The summed E-state index contributed by atoms with van der Waals surface area (Å²) in [6.07, 6.45) is -0.523. The number of nitrogens with zero attached hydrogens (tertiary/aromatic N) is 2. The summed E-state index contributed by atoms with van der Waals surface area (Å²) in [6.45, 7) is 0. The van der Waals surface area contributed by atoms with Gasteiger partial charge in [0.05, 0.1) is 24.7 Å². The maximum absolute atomic E-state index is 5.74. The zero-order chi connectivity index (χ0) is 40.1. The van der Waals surface area contributed by atoms with Gasteiger partial charge in [0.25, 0.3) is 0 Å². The smallest absolute Gasteiger partial charge is 0.632 e. The van der Waals surface area contributed by atoms with E-state index >= 15 is 0 Å². The molecule has 5 heterocycles. The van der Waals surface area contributed by atoms with Crippen LogP contribution in [0.1, 0.15) is 0 Å². The van der Waals surface area contributed by atoms with Gasteiger partial charge in [-0.2, -0.15) is 0 Å². The fourth-order valence-corrected chi connectivity index (χ4v) is 28.1. The van der Waals surface area contributed by atoms with Gasteiger partial charge in [0, 0.05) is 101 Å². The number of nitrogens with one attached hydrogen (secondary N) is 6. The van der Waals surface area contributed by atoms with E-state index in [2.05, 4.69) is 287 Å². The summed E-state index contributed by atoms with van der Waals surface area (Å²) in [4.78, 5) is 3.26. The third-order valence-electron chi connectivity index (χ3n) is 14.1. The fraction of sp³-hybridized carbons (Fsp3) is 1.00. The van der Waals surface area contributed by atoms with E-state index in [9.17, 15) is 0 Å². The molecule has 25 heteroatoms. The Hall–Kier alpha value is 7.88. The minimum absolute atomic E-state index is 0. The van der Waals surface area contributed by atoms with Crippen molar-refractivity contribution in [1.29, 1.82) is 0 Å². The zero-order valence-corrected chi connectivity index (χ0v) is 55.0. The van der Waals surface area contributed by atoms with Gasteiger partial charge in [-0.15, -0.1) is 0 Å². The SMILES string of the molecule is BrC1C(Br)C(Br)C2C3[N-]C(NC4[N-]C(NC5NC(NC6NC(N3)C3C(Br)C(Br)C(Br)C(Br)C63)C3C(Br)C(Br)C(Br)C(Br)C53)C3C(Br)C(Br)C(Br)C(Br)C43)C2C1Br.[Cu+2]. The largest absolute Gasteiger partial charge is 2.00 e. The van der Waals surface area contributed by atoms with Crippen LogP contribution in [0.2, 0.25) is 0 Å². The molecule has 32 atom stereocenters. The first-order valence-corrected chi connectivity index (χ1v) is 33.3. The van der Waals surface area contributed by atoms with Crippen LogP contribution in [0.5, 0.6) is 0 Å². The van der Waals surface area contributed by atoms with Gasteiger partial charge in [-0.3, -0.25) is 16.0 Å². The summed E-state index contributed by atoms with van der Waals surface area (Å²) in [7, 11) is 0. The van der Waals surface area contributed by atoms with Crippen molar-refractivity contribution in [2.24, 2.45) is 47.3 Å². The standard InChI is InChI=1S/C32H38Br16N8.Cu/c33-9-1-2(10(34)18(42)17(9)41)26-49-25(1)53-27-3-4(12(36)20(44)19(43)11(3)35)29(50-27)55-31-7-8(16(40)24(48)23(47)15(7)39)32(52-31)56-30-6-5(28(51-30)54-26)13(37)21(45)22(46)14(6)38;/h1-32,49-50,53-56H;/q-2;+2. The summed E-state index contributed by atoms with van der Waals surface area (Å²) >= 11 is 66.6. The number of hydrogen-bond donors (Lipinski definition) is 6. The molecular weight excluding hydrogens is 1840 g/mol. The van der Waals surface area contributed by atoms with Crippen molar-refractivity contribution in [1.82, 2.24) is 31.9 Å². The monoisotopic (exact) mass is 1860 g/mol. The van der Waals surface area contributed by atoms with Crippen molar-refractivity contribution in [3.63, 3.8) is 0 Å². The summed E-state index contributed by atoms with van der Waals surface area (Å²) in [6, 6.07) is 0. The van der Waals surface area contributed by atoms with Crippen LogP contribution in [0.3, 0.4) is 0 Å². The minimum atomic E-state index is -0.133. The Morgan fingerprint density at radius 1 is 0.211 bits per heavy atom. The van der Waals surface area contributed by atoms with Crippen molar-refractivity contribution in [3.05, 3.63) is 10.6 Å². The second-order valence-corrected chi connectivity index (χ2v) is 33.6. The molecule has 57 heavy (non-hydrogen) atoms. The van der Waals surface area contributed by atoms with Crippen LogP contribution in [0.4, 0.5) is 0 Å². The van der Waals surface area contributed by atoms with E-state index in [1.807, 2.05) is 0 Å². The molecule has 4 aliphatic carbocycles. The molecule has 6 N–H and O–H groups in total. The van der Waals surface area contributed by atoms with Crippen LogP contribution in [-0.2, 0) is 17.1 Å². The van der Waals surface area contributed by atoms with Crippen molar-refractivity contribution in [2.75, 3.05) is 0 Å². The van der Waals surface area contributed by atoms with Gasteiger partial charge < -0.3 is 26.6 Å². The van der Waals surface area contributed by atoms with E-state index in [0.717, 1.165) is 0 Å². The number of rotatable bonds is 0. The molecule has 5 aliphatic heterocycles. The Morgan fingerprint density at radius 3 is 0.614 bits per heavy atom. The van der Waals surface area contributed by atoms with E-state index in [1.165, 1.54) is 0 Å². The number of hydrogen-bond acceptors (Lipinski definition) is 6. The number of halogens is 16. The Kier molecular flexibility index (Phi) is 18.1. The van der Waals surface area contributed by atoms with Gasteiger partial charge in [-0.05, 0) is 23.7 Å². The normalized spacial score (nSPS) is 64.8. The Morgan fingerprint density at radius 2 is 0.386 bits per heavy atom. The first-order valence-electron chi connectivity index (χ1n) is 18.7. The molecular formula is C32H38Br16CuN8. The average Bonchev–Trinajstić information content (AvgIpc) is 3.92. The van der Waals surface area contributed by atoms with Crippen LogP contribution >= 0.6 is 255 Å². The average molecular weight is 1880 g/mol. The minimum Gasteiger partial charge on any atom is -0.632 e. The second-order valence-electron chi connectivity index (χ2n) is 16.7. The van der Waals surface area contributed by atoms with Crippen LogP contribution < -0.4 is 31.9 Å². The molecule has 9 fully saturated rings.